The second-order valence-electron chi connectivity index (χ2n) is 2.07. The first-order chi connectivity index (χ1) is 6.33. The molecule has 0 saturated carbocycles. The van der Waals surface area contributed by atoms with Crippen LogP contribution in [-0.2, 0) is 3.02 Å². The SMILES string of the molecule is COc1ccc([IH+])cc1.[O]=[Sb]([F])([F])[F]. The van der Waals surface area contributed by atoms with E-state index in [0.29, 0.717) is 0 Å². The van der Waals surface area contributed by atoms with Gasteiger partial charge in [0.2, 0.25) is 0 Å². The molecule has 0 aliphatic rings. The topological polar surface area (TPSA) is 26.3 Å². The van der Waals surface area contributed by atoms with Gasteiger partial charge in [-0.1, -0.05) is 0 Å². The maximum absolute atomic E-state index is 10.00. The summed E-state index contributed by atoms with van der Waals surface area (Å²) in [5, 5.41) is 0. The Morgan fingerprint density at radius 1 is 1.21 bits per heavy atom. The van der Waals surface area contributed by atoms with Crippen LogP contribution in [0.5, 0.6) is 5.75 Å². The molecule has 0 spiro atoms. The summed E-state index contributed by atoms with van der Waals surface area (Å²) in [5.74, 6) is 0.919. The Balaban J connectivity index is 0.000000292. The fourth-order valence-corrected chi connectivity index (χ4v) is 0.964. The van der Waals surface area contributed by atoms with Crippen molar-refractivity contribution in [1.82, 2.24) is 0 Å². The van der Waals surface area contributed by atoms with Crippen LogP contribution in [0, 0.1) is 3.57 Å². The van der Waals surface area contributed by atoms with Crippen LogP contribution < -0.4 is 27.3 Å². The first kappa shape index (κ1) is 14.2. The standard InChI is InChI=1S/C7H8IO.3FH.O.Sb/c1-9-7-4-2-6(8)3-5-7;;;;;/h2-5,8H,1H3;3*1H;;/q+1;;;;;+3/p-3. The second-order valence-corrected chi connectivity index (χ2v) is 5.70. The Morgan fingerprint density at radius 2 is 1.57 bits per heavy atom. The summed E-state index contributed by atoms with van der Waals surface area (Å²) in [6, 6.07) is 7.97. The van der Waals surface area contributed by atoms with Crippen LogP contribution in [0.1, 0.15) is 0 Å². The fourth-order valence-electron chi connectivity index (χ4n) is 0.576. The van der Waals surface area contributed by atoms with Gasteiger partial charge in [-0.2, -0.15) is 0 Å². The van der Waals surface area contributed by atoms with Crippen LogP contribution in [0.3, 0.4) is 0 Å². The fraction of sp³-hybridized carbons (Fsp3) is 0.143. The number of benzene rings is 1. The van der Waals surface area contributed by atoms with Gasteiger partial charge in [0, 0.05) is 0 Å². The van der Waals surface area contributed by atoms with Crippen molar-refractivity contribution >= 4 is 20.5 Å². The zero-order valence-electron chi connectivity index (χ0n) is 7.12. The van der Waals surface area contributed by atoms with Crippen molar-refractivity contribution in [3.63, 3.8) is 0 Å². The molecule has 0 saturated heterocycles. The summed E-state index contributed by atoms with van der Waals surface area (Å²) < 4.78 is 44.5. The first-order valence-corrected chi connectivity index (χ1v) is 8.43. The normalized spacial score (nSPS) is 10.1. The summed E-state index contributed by atoms with van der Waals surface area (Å²) in [6.45, 7) is 0. The monoisotopic (exact) mass is 429 g/mol. The van der Waals surface area contributed by atoms with Gasteiger partial charge < -0.3 is 4.74 Å². The van der Waals surface area contributed by atoms with E-state index in [9.17, 15) is 8.44 Å². The molecule has 1 rings (SSSR count). The minimum absolute atomic E-state index is 0.919. The number of hydrogen-bond acceptors (Lipinski definition) is 2. The van der Waals surface area contributed by atoms with Gasteiger partial charge in [0.05, 0.1) is 7.11 Å². The van der Waals surface area contributed by atoms with Crippen LogP contribution in [0.25, 0.3) is 0 Å². The molecule has 7 heteroatoms. The average molecular weight is 430 g/mol. The zero-order valence-corrected chi connectivity index (χ0v) is 12.0. The van der Waals surface area contributed by atoms with Gasteiger partial charge in [-0.3, -0.25) is 0 Å². The molecule has 80 valence electrons. The molecule has 0 N–H and O–H groups in total. The van der Waals surface area contributed by atoms with Crippen molar-refractivity contribution < 1.29 is 38.8 Å². The number of rotatable bonds is 1. The summed E-state index contributed by atoms with van der Waals surface area (Å²) in [7, 11) is 1.67. The van der Waals surface area contributed by atoms with Crippen molar-refractivity contribution in [2.24, 2.45) is 0 Å². The van der Waals surface area contributed by atoms with Crippen molar-refractivity contribution in [3.8, 4) is 5.75 Å². The van der Waals surface area contributed by atoms with E-state index in [0.717, 1.165) is 5.75 Å². The predicted molar refractivity (Wildman–Crippen MR) is 42.9 cm³/mol. The molecule has 0 unspecified atom stereocenters. The van der Waals surface area contributed by atoms with Crippen LogP contribution in [0.15, 0.2) is 24.3 Å². The van der Waals surface area contributed by atoms with E-state index in [-0.39, 0.29) is 0 Å². The van der Waals surface area contributed by atoms with Gasteiger partial charge in [-0.25, -0.2) is 0 Å². The third kappa shape index (κ3) is 10.2. The molecule has 0 radical (unpaired) electrons. The molecular formula is C7H8F3IO2Sb+. The molecule has 1 aromatic rings. The quantitative estimate of drug-likeness (QED) is 0.419. The van der Waals surface area contributed by atoms with Crippen LogP contribution in [0.2, 0.25) is 0 Å². The van der Waals surface area contributed by atoms with E-state index >= 15 is 0 Å². The summed E-state index contributed by atoms with van der Waals surface area (Å²) in [5.41, 5.74) is 0. The summed E-state index contributed by atoms with van der Waals surface area (Å²) >= 11 is -4.86. The number of hydrogen-bond donors (Lipinski definition) is 0. The van der Waals surface area contributed by atoms with Gasteiger partial charge in [0.25, 0.3) is 22.6 Å². The Labute approximate surface area is 99.4 Å². The molecule has 1 aromatic carbocycles. The van der Waals surface area contributed by atoms with E-state index < -0.39 is 20.5 Å². The van der Waals surface area contributed by atoms with E-state index in [1.807, 2.05) is 46.9 Å². The second kappa shape index (κ2) is 6.61. The molecule has 14 heavy (non-hydrogen) atoms. The average Bonchev–Trinajstić information content (AvgIpc) is 2.03. The summed E-state index contributed by atoms with van der Waals surface area (Å²) in [4.78, 5) is 0. The summed E-state index contributed by atoms with van der Waals surface area (Å²) in [6.07, 6.45) is 0. The molecule has 0 aromatic heterocycles. The van der Waals surface area contributed by atoms with Gasteiger partial charge in [-0.05, 0) is 24.3 Å². The van der Waals surface area contributed by atoms with Gasteiger partial charge in [-0.15, -0.1) is 0 Å². The van der Waals surface area contributed by atoms with E-state index in [2.05, 4.69) is 0 Å². The van der Waals surface area contributed by atoms with E-state index in [1.54, 1.807) is 7.11 Å². The Kier molecular flexibility index (Phi) is 6.68. The van der Waals surface area contributed by atoms with Gasteiger partial charge in [0.15, 0.2) is 3.57 Å². The Morgan fingerprint density at radius 3 is 1.86 bits per heavy atom. The van der Waals surface area contributed by atoms with E-state index in [4.69, 9.17) is 7.75 Å². The maximum atomic E-state index is 10.00. The Hall–Kier alpha value is 0.158. The first-order valence-electron chi connectivity index (χ1n) is 3.33. The van der Waals surface area contributed by atoms with Crippen molar-refractivity contribution in [2.75, 3.05) is 7.11 Å². The third-order valence-corrected chi connectivity index (χ3v) is 1.84. The molecule has 0 aliphatic heterocycles. The number of ether oxygens (including phenoxy) is 1. The molecule has 0 amide bonds. The Bertz CT molecular complexity index is 303. The minimum atomic E-state index is -6.85. The van der Waals surface area contributed by atoms with Crippen molar-refractivity contribution in [1.29, 1.82) is 0 Å². The zero-order chi connectivity index (χ0) is 11.2. The van der Waals surface area contributed by atoms with Crippen LogP contribution in [0.4, 0.5) is 8.44 Å². The van der Waals surface area contributed by atoms with Crippen LogP contribution >= 0.6 is 0 Å². The molecule has 0 aliphatic carbocycles. The van der Waals surface area contributed by atoms with Gasteiger partial charge in [0.1, 0.15) is 5.75 Å². The molecular weight excluding hydrogens is 422 g/mol. The molecule has 0 fully saturated rings. The predicted octanol–water partition coefficient (Wildman–Crippen LogP) is -1.09. The number of halogens is 4. The molecule has 0 bridgehead atoms. The van der Waals surface area contributed by atoms with Crippen molar-refractivity contribution in [3.05, 3.63) is 27.8 Å². The molecule has 0 heterocycles. The molecule has 0 atom stereocenters. The van der Waals surface area contributed by atoms with Crippen molar-refractivity contribution in [2.45, 2.75) is 0 Å². The number of methoxy groups -OCH3 is 1. The van der Waals surface area contributed by atoms with Crippen LogP contribution in [-0.4, -0.2) is 27.6 Å². The molecule has 2 nitrogen and oxygen atoms in total. The third-order valence-electron chi connectivity index (χ3n) is 1.06. The van der Waals surface area contributed by atoms with E-state index in [1.165, 1.54) is 3.57 Å². The van der Waals surface area contributed by atoms with Gasteiger partial charge >= 0.3 is 32.0 Å².